The fourth-order valence-corrected chi connectivity index (χ4v) is 10.5. The van der Waals surface area contributed by atoms with Gasteiger partial charge in [0.15, 0.2) is 0 Å². The molecule has 0 amide bonds. The number of nitrogens with zero attached hydrogens (tertiary/aromatic N) is 2. The van der Waals surface area contributed by atoms with Crippen LogP contribution in [0, 0.1) is 0 Å². The van der Waals surface area contributed by atoms with Gasteiger partial charge in [-0.15, -0.1) is 11.3 Å². The molecule has 0 saturated carbocycles. The molecule has 3 nitrogen and oxygen atoms in total. The molecule has 0 bridgehead atoms. The maximum Gasteiger partial charge on any atom is 0.137 e. The Kier molecular flexibility index (Phi) is 9.36. The molecule has 2 aromatic heterocycles. The van der Waals surface area contributed by atoms with Crippen molar-refractivity contribution in [3.05, 3.63) is 243 Å². The van der Waals surface area contributed by atoms with Gasteiger partial charge in [-0.3, -0.25) is 0 Å². The molecule has 0 unspecified atom stereocenters. The Hall–Kier alpha value is -8.18. The number of fused-ring (bicyclic) bond motifs is 6. The van der Waals surface area contributed by atoms with E-state index in [1.54, 1.807) is 0 Å². The lowest BCUT2D eigenvalue weighted by molar-refractivity contribution is 0.669. The Balaban J connectivity index is 1.10. The molecule has 302 valence electrons. The third-order valence-corrected chi connectivity index (χ3v) is 13.5. The minimum atomic E-state index is 0.854. The maximum absolute atomic E-state index is 6.57. The maximum atomic E-state index is 6.57. The molecule has 0 saturated heterocycles. The van der Waals surface area contributed by atoms with Gasteiger partial charge < -0.3 is 14.2 Å². The average molecular weight is 837 g/mol. The third kappa shape index (κ3) is 6.51. The summed E-state index contributed by atoms with van der Waals surface area (Å²) in [6.07, 6.45) is 0. The van der Waals surface area contributed by atoms with Crippen LogP contribution in [0.4, 0.5) is 34.1 Å². The highest BCUT2D eigenvalue weighted by atomic mass is 32.1. The van der Waals surface area contributed by atoms with Gasteiger partial charge in [0, 0.05) is 60.4 Å². The van der Waals surface area contributed by atoms with E-state index in [1.165, 1.54) is 31.3 Å². The second kappa shape index (κ2) is 15.9. The van der Waals surface area contributed by atoms with Crippen LogP contribution >= 0.6 is 11.3 Å². The summed E-state index contributed by atoms with van der Waals surface area (Å²) in [4.78, 5) is 4.87. The number of rotatable bonds is 9. The highest BCUT2D eigenvalue weighted by molar-refractivity contribution is 7.26. The quantitative estimate of drug-likeness (QED) is 0.144. The molecule has 2 heterocycles. The molecular formula is C60H40N2OS. The van der Waals surface area contributed by atoms with E-state index in [0.29, 0.717) is 0 Å². The van der Waals surface area contributed by atoms with Crippen molar-refractivity contribution in [1.82, 2.24) is 0 Å². The van der Waals surface area contributed by atoms with Crippen LogP contribution in [0.2, 0.25) is 0 Å². The van der Waals surface area contributed by atoms with Crippen LogP contribution in [0.5, 0.6) is 0 Å². The van der Waals surface area contributed by atoms with Gasteiger partial charge in [-0.25, -0.2) is 0 Å². The second-order valence-corrected chi connectivity index (χ2v) is 17.1. The van der Waals surface area contributed by atoms with Gasteiger partial charge in [-0.2, -0.15) is 0 Å². The lowest BCUT2D eigenvalue weighted by atomic mass is 9.96. The summed E-state index contributed by atoms with van der Waals surface area (Å²) >= 11 is 1.84. The molecule has 10 aromatic carbocycles. The second-order valence-electron chi connectivity index (χ2n) is 16.0. The van der Waals surface area contributed by atoms with Crippen molar-refractivity contribution in [2.24, 2.45) is 0 Å². The van der Waals surface area contributed by atoms with Gasteiger partial charge >= 0.3 is 0 Å². The number of furan rings is 1. The molecule has 0 fully saturated rings. The first-order chi connectivity index (χ1) is 31.8. The smallest absolute Gasteiger partial charge is 0.137 e. The molecule has 0 N–H and O–H groups in total. The first-order valence-electron chi connectivity index (χ1n) is 21.7. The van der Waals surface area contributed by atoms with Crippen LogP contribution in [0.25, 0.3) is 75.5 Å². The van der Waals surface area contributed by atoms with Crippen LogP contribution < -0.4 is 9.80 Å². The number of hydrogen-bond acceptors (Lipinski definition) is 4. The average Bonchev–Trinajstić information content (AvgIpc) is 3.94. The van der Waals surface area contributed by atoms with Crippen molar-refractivity contribution in [2.75, 3.05) is 9.80 Å². The van der Waals surface area contributed by atoms with Gasteiger partial charge in [0.2, 0.25) is 0 Å². The van der Waals surface area contributed by atoms with Crippen molar-refractivity contribution >= 4 is 87.6 Å². The fourth-order valence-electron chi connectivity index (χ4n) is 9.33. The first kappa shape index (κ1) is 37.6. The van der Waals surface area contributed by atoms with E-state index in [0.717, 1.165) is 78.3 Å². The van der Waals surface area contributed by atoms with Crippen LogP contribution in [0.15, 0.2) is 247 Å². The molecule has 12 rings (SSSR count). The predicted molar refractivity (Wildman–Crippen MR) is 272 cm³/mol. The molecule has 12 aromatic rings. The molecule has 0 aliphatic carbocycles. The molecule has 4 heteroatoms. The Morgan fingerprint density at radius 2 is 0.781 bits per heavy atom. The van der Waals surface area contributed by atoms with E-state index in [2.05, 4.69) is 240 Å². The summed E-state index contributed by atoms with van der Waals surface area (Å²) in [5.74, 6) is 0. The zero-order valence-corrected chi connectivity index (χ0v) is 35.6. The molecular weight excluding hydrogens is 797 g/mol. The van der Waals surface area contributed by atoms with Crippen LogP contribution in [0.1, 0.15) is 0 Å². The molecule has 0 radical (unpaired) electrons. The van der Waals surface area contributed by atoms with Gasteiger partial charge in [-0.05, 0) is 77.4 Å². The minimum absolute atomic E-state index is 0.854. The zero-order chi connectivity index (χ0) is 42.4. The molecule has 64 heavy (non-hydrogen) atoms. The fraction of sp³-hybridized carbons (Fsp3) is 0. The Morgan fingerprint density at radius 1 is 0.297 bits per heavy atom. The van der Waals surface area contributed by atoms with E-state index in [9.17, 15) is 0 Å². The first-order valence-corrected chi connectivity index (χ1v) is 22.5. The SMILES string of the molecule is c1ccc(-c2ccc(N(c3ccccc3-c3ccccc3)c3ccccc3-c3ccccc3N(c3ccc4c(c3)oc3ccccc34)c3cccc4c3sc3ccccc34)cc2)cc1. The highest BCUT2D eigenvalue weighted by Gasteiger charge is 2.26. The summed E-state index contributed by atoms with van der Waals surface area (Å²) in [6.45, 7) is 0. The number of para-hydroxylation sites is 4. The lowest BCUT2D eigenvalue weighted by Crippen LogP contribution is -2.14. The van der Waals surface area contributed by atoms with Crippen LogP contribution in [0.3, 0.4) is 0 Å². The van der Waals surface area contributed by atoms with Crippen molar-refractivity contribution in [3.63, 3.8) is 0 Å². The Labute approximate surface area is 376 Å². The summed E-state index contributed by atoms with van der Waals surface area (Å²) in [6, 6.07) is 87.1. The van der Waals surface area contributed by atoms with Crippen LogP contribution in [-0.4, -0.2) is 0 Å². The van der Waals surface area contributed by atoms with Crippen molar-refractivity contribution in [1.29, 1.82) is 0 Å². The van der Waals surface area contributed by atoms with Gasteiger partial charge in [0.05, 0.1) is 27.4 Å². The number of thiophene rings is 1. The summed E-state index contributed by atoms with van der Waals surface area (Å²) < 4.78 is 9.06. The Morgan fingerprint density at radius 3 is 1.50 bits per heavy atom. The monoisotopic (exact) mass is 836 g/mol. The normalized spacial score (nSPS) is 11.4. The van der Waals surface area contributed by atoms with Crippen molar-refractivity contribution in [3.8, 4) is 33.4 Å². The minimum Gasteiger partial charge on any atom is -0.456 e. The number of benzene rings is 10. The van der Waals surface area contributed by atoms with E-state index in [4.69, 9.17) is 4.42 Å². The third-order valence-electron chi connectivity index (χ3n) is 12.3. The number of anilines is 6. The van der Waals surface area contributed by atoms with Crippen LogP contribution in [-0.2, 0) is 0 Å². The standard InChI is InChI=1S/C60H40N2OS/c1-3-18-41(19-4-1)42-34-36-44(37-35-42)61(53-28-12-7-22-46(53)43-20-5-2-6-21-43)54-29-13-8-23-47(54)48-24-9-14-30-55(48)62(45-38-39-50-49-25-10-15-32-57(49)63-58(50)40-45)56-31-17-27-52-51-26-11-16-33-59(51)64-60(52)56/h1-40H. The summed E-state index contributed by atoms with van der Waals surface area (Å²) in [5, 5.41) is 4.73. The van der Waals surface area contributed by atoms with E-state index in [1.807, 2.05) is 23.5 Å². The van der Waals surface area contributed by atoms with E-state index >= 15 is 0 Å². The highest BCUT2D eigenvalue weighted by Crippen LogP contribution is 2.51. The predicted octanol–water partition coefficient (Wildman–Crippen LogP) is 17.9. The van der Waals surface area contributed by atoms with Gasteiger partial charge in [-0.1, -0.05) is 176 Å². The largest absolute Gasteiger partial charge is 0.456 e. The van der Waals surface area contributed by atoms with Gasteiger partial charge in [0.1, 0.15) is 11.2 Å². The number of hydrogen-bond donors (Lipinski definition) is 0. The summed E-state index contributed by atoms with van der Waals surface area (Å²) in [5.41, 5.74) is 15.0. The Bertz CT molecular complexity index is 3630. The van der Waals surface area contributed by atoms with Crippen molar-refractivity contribution < 1.29 is 4.42 Å². The zero-order valence-electron chi connectivity index (χ0n) is 34.8. The lowest BCUT2D eigenvalue weighted by Gasteiger charge is -2.32. The van der Waals surface area contributed by atoms with Crippen molar-refractivity contribution in [2.45, 2.75) is 0 Å². The molecule has 0 aliphatic rings. The topological polar surface area (TPSA) is 19.6 Å². The van der Waals surface area contributed by atoms with E-state index in [-0.39, 0.29) is 0 Å². The van der Waals surface area contributed by atoms with Gasteiger partial charge in [0.25, 0.3) is 0 Å². The molecule has 0 aliphatic heterocycles. The molecule has 0 spiro atoms. The molecule has 0 atom stereocenters. The summed E-state index contributed by atoms with van der Waals surface area (Å²) in [7, 11) is 0. The van der Waals surface area contributed by atoms with E-state index < -0.39 is 0 Å².